The van der Waals surface area contributed by atoms with Gasteiger partial charge in [-0.1, -0.05) is 19.0 Å². The van der Waals surface area contributed by atoms with E-state index < -0.39 is 0 Å². The normalized spacial score (nSPS) is 17.9. The van der Waals surface area contributed by atoms with Crippen LogP contribution in [-0.4, -0.2) is 38.3 Å². The molecule has 1 aliphatic heterocycles. The number of likely N-dealkylation sites (tertiary alicyclic amines) is 1. The molecule has 1 saturated heterocycles. The molecule has 3 rings (SSSR count). The second-order valence-electron chi connectivity index (χ2n) is 7.07. The van der Waals surface area contributed by atoms with Gasteiger partial charge < -0.3 is 9.42 Å². The minimum atomic E-state index is 0.0430. The molecule has 0 radical (unpaired) electrons. The van der Waals surface area contributed by atoms with E-state index in [0.29, 0.717) is 17.0 Å². The molecule has 0 N–H and O–H groups in total. The van der Waals surface area contributed by atoms with Crippen molar-refractivity contribution in [3.05, 3.63) is 34.5 Å². The van der Waals surface area contributed by atoms with Crippen molar-refractivity contribution in [2.24, 2.45) is 0 Å². The molecule has 3 heterocycles. The van der Waals surface area contributed by atoms with Gasteiger partial charge in [0.25, 0.3) is 5.91 Å². The zero-order chi connectivity index (χ0) is 17.4. The van der Waals surface area contributed by atoms with Gasteiger partial charge in [-0.2, -0.15) is 5.10 Å². The fraction of sp³-hybridized carbons (Fsp3) is 0.611. The highest BCUT2D eigenvalue weighted by atomic mass is 16.5. The fourth-order valence-corrected chi connectivity index (χ4v) is 3.54. The Morgan fingerprint density at radius 3 is 2.75 bits per heavy atom. The predicted octanol–water partition coefficient (Wildman–Crippen LogP) is 3.22. The summed E-state index contributed by atoms with van der Waals surface area (Å²) in [4.78, 5) is 15.1. The summed E-state index contributed by atoms with van der Waals surface area (Å²) >= 11 is 0. The van der Waals surface area contributed by atoms with Crippen LogP contribution in [0.1, 0.15) is 65.8 Å². The highest BCUT2D eigenvalue weighted by Gasteiger charge is 2.34. The Morgan fingerprint density at radius 1 is 1.38 bits per heavy atom. The maximum Gasteiger partial charge on any atom is 0.259 e. The Kier molecular flexibility index (Phi) is 4.47. The van der Waals surface area contributed by atoms with Crippen LogP contribution in [0.15, 0.2) is 10.6 Å². The Balaban J connectivity index is 1.84. The second kappa shape index (κ2) is 6.42. The number of amides is 1. The molecule has 2 aromatic heterocycles. The molecule has 24 heavy (non-hydrogen) atoms. The average molecular weight is 330 g/mol. The van der Waals surface area contributed by atoms with Crippen LogP contribution in [0.25, 0.3) is 0 Å². The van der Waals surface area contributed by atoms with E-state index in [1.54, 1.807) is 0 Å². The lowest BCUT2D eigenvalue weighted by atomic mass is 10.0. The number of aromatic nitrogens is 3. The first-order chi connectivity index (χ1) is 11.4. The first-order valence-corrected chi connectivity index (χ1v) is 8.66. The summed E-state index contributed by atoms with van der Waals surface area (Å²) in [5.74, 6) is 0.873. The smallest absolute Gasteiger partial charge is 0.259 e. The maximum absolute atomic E-state index is 13.1. The Bertz CT molecular complexity index is 744. The summed E-state index contributed by atoms with van der Waals surface area (Å²) in [5.41, 5.74) is 3.47. The number of hydrogen-bond donors (Lipinski definition) is 0. The largest absolute Gasteiger partial charge is 0.360 e. The molecule has 0 bridgehead atoms. The van der Waals surface area contributed by atoms with Crippen molar-refractivity contribution in [1.82, 2.24) is 19.8 Å². The van der Waals surface area contributed by atoms with E-state index in [1.807, 2.05) is 37.3 Å². The van der Waals surface area contributed by atoms with E-state index in [1.165, 1.54) is 0 Å². The highest BCUT2D eigenvalue weighted by molar-refractivity contribution is 5.96. The van der Waals surface area contributed by atoms with Crippen LogP contribution < -0.4 is 0 Å². The van der Waals surface area contributed by atoms with Crippen LogP contribution >= 0.6 is 0 Å². The number of carbonyl (C=O) groups excluding carboxylic acids is 1. The molecule has 1 fully saturated rings. The first-order valence-electron chi connectivity index (χ1n) is 8.66. The van der Waals surface area contributed by atoms with Crippen molar-refractivity contribution in [2.75, 3.05) is 6.54 Å². The second-order valence-corrected chi connectivity index (χ2v) is 7.07. The van der Waals surface area contributed by atoms with Gasteiger partial charge in [0.05, 0.1) is 24.0 Å². The molecule has 1 atom stereocenters. The molecule has 1 aliphatic rings. The van der Waals surface area contributed by atoms with Crippen molar-refractivity contribution in [2.45, 2.75) is 66.0 Å². The standard InChI is InChI=1S/C18H26N4O2/c1-11(2)17-16(14(5)20-24-17)18(23)21-8-6-7-15(21)10-22-13(4)9-12(3)19-22/h9,11,15H,6-8,10H2,1-5H3/t15-/m0/s1. The van der Waals surface area contributed by atoms with Gasteiger partial charge in [-0.15, -0.1) is 0 Å². The summed E-state index contributed by atoms with van der Waals surface area (Å²) in [6.07, 6.45) is 2.03. The molecule has 6 heteroatoms. The molecule has 6 nitrogen and oxygen atoms in total. The third-order valence-electron chi connectivity index (χ3n) is 4.75. The third-order valence-corrected chi connectivity index (χ3v) is 4.75. The SMILES string of the molecule is Cc1cc(C)n(C[C@@H]2CCCN2C(=O)c2c(C)noc2C(C)C)n1. The Hall–Kier alpha value is -2.11. The van der Waals surface area contributed by atoms with Crippen LogP contribution in [0.4, 0.5) is 0 Å². The van der Waals surface area contributed by atoms with Crippen LogP contribution in [0.5, 0.6) is 0 Å². The molecular formula is C18H26N4O2. The zero-order valence-electron chi connectivity index (χ0n) is 15.2. The van der Waals surface area contributed by atoms with Gasteiger partial charge in [0.15, 0.2) is 5.76 Å². The van der Waals surface area contributed by atoms with E-state index in [4.69, 9.17) is 4.52 Å². The minimum absolute atomic E-state index is 0.0430. The van der Waals surface area contributed by atoms with Gasteiger partial charge in [-0.3, -0.25) is 9.48 Å². The lowest BCUT2D eigenvalue weighted by Crippen LogP contribution is -2.39. The van der Waals surface area contributed by atoms with E-state index in [0.717, 1.165) is 37.3 Å². The topological polar surface area (TPSA) is 64.2 Å². The van der Waals surface area contributed by atoms with Gasteiger partial charge >= 0.3 is 0 Å². The van der Waals surface area contributed by atoms with Gasteiger partial charge in [-0.05, 0) is 39.7 Å². The average Bonchev–Trinajstić information content (AvgIpc) is 3.19. The molecule has 0 spiro atoms. The summed E-state index contributed by atoms with van der Waals surface area (Å²) in [6.45, 7) is 11.5. The fourth-order valence-electron chi connectivity index (χ4n) is 3.54. The summed E-state index contributed by atoms with van der Waals surface area (Å²) in [5, 5.41) is 8.56. The summed E-state index contributed by atoms with van der Waals surface area (Å²) < 4.78 is 7.41. The van der Waals surface area contributed by atoms with Crippen LogP contribution in [0, 0.1) is 20.8 Å². The molecule has 1 amide bonds. The number of hydrogen-bond acceptors (Lipinski definition) is 4. The molecule has 0 saturated carbocycles. The maximum atomic E-state index is 13.1. The number of carbonyl (C=O) groups is 1. The van der Waals surface area contributed by atoms with Gasteiger partial charge in [0.1, 0.15) is 5.56 Å². The first kappa shape index (κ1) is 16.7. The lowest BCUT2D eigenvalue weighted by Gasteiger charge is -2.25. The number of aryl methyl sites for hydroxylation is 3. The minimum Gasteiger partial charge on any atom is -0.360 e. The van der Waals surface area contributed by atoms with Crippen molar-refractivity contribution >= 4 is 5.91 Å². The van der Waals surface area contributed by atoms with Crippen molar-refractivity contribution in [3.8, 4) is 0 Å². The summed E-state index contributed by atoms with van der Waals surface area (Å²) in [7, 11) is 0. The predicted molar refractivity (Wildman–Crippen MR) is 91.1 cm³/mol. The molecule has 130 valence electrons. The van der Waals surface area contributed by atoms with Crippen molar-refractivity contribution < 1.29 is 9.32 Å². The van der Waals surface area contributed by atoms with Crippen molar-refractivity contribution in [1.29, 1.82) is 0 Å². The molecule has 0 aliphatic carbocycles. The van der Waals surface area contributed by atoms with Crippen LogP contribution in [0.2, 0.25) is 0 Å². The zero-order valence-corrected chi connectivity index (χ0v) is 15.2. The van der Waals surface area contributed by atoms with E-state index in [9.17, 15) is 4.79 Å². The van der Waals surface area contributed by atoms with E-state index in [-0.39, 0.29) is 17.9 Å². The number of rotatable bonds is 4. The van der Waals surface area contributed by atoms with Crippen LogP contribution in [-0.2, 0) is 6.54 Å². The highest BCUT2D eigenvalue weighted by Crippen LogP contribution is 2.28. The Labute approximate surface area is 142 Å². The van der Waals surface area contributed by atoms with Crippen molar-refractivity contribution in [3.63, 3.8) is 0 Å². The quantitative estimate of drug-likeness (QED) is 0.863. The molecule has 0 unspecified atom stereocenters. The van der Waals surface area contributed by atoms with E-state index in [2.05, 4.69) is 23.2 Å². The lowest BCUT2D eigenvalue weighted by molar-refractivity contribution is 0.0717. The monoisotopic (exact) mass is 330 g/mol. The molecule has 0 aromatic carbocycles. The molecular weight excluding hydrogens is 304 g/mol. The third kappa shape index (κ3) is 2.97. The van der Waals surface area contributed by atoms with Gasteiger partial charge in [0.2, 0.25) is 0 Å². The Morgan fingerprint density at radius 2 is 2.12 bits per heavy atom. The summed E-state index contributed by atoms with van der Waals surface area (Å²) in [6, 6.07) is 2.24. The van der Waals surface area contributed by atoms with E-state index >= 15 is 0 Å². The number of nitrogens with zero attached hydrogens (tertiary/aromatic N) is 4. The van der Waals surface area contributed by atoms with Crippen LogP contribution in [0.3, 0.4) is 0 Å². The van der Waals surface area contributed by atoms with Gasteiger partial charge in [-0.25, -0.2) is 0 Å². The molecule has 2 aromatic rings. The van der Waals surface area contributed by atoms with Gasteiger partial charge in [0, 0.05) is 18.2 Å².